The molecule has 0 spiro atoms. The Morgan fingerprint density at radius 3 is 2.58 bits per heavy atom. The van der Waals surface area contributed by atoms with Crippen LogP contribution in [-0.4, -0.2) is 27.0 Å². The molecule has 0 unspecified atom stereocenters. The molecule has 2 heterocycles. The zero-order chi connectivity index (χ0) is 17.5. The fraction of sp³-hybridized carbons (Fsp3) is 0.600. The van der Waals surface area contributed by atoms with Crippen molar-refractivity contribution in [2.45, 2.75) is 76.2 Å². The zero-order valence-corrected chi connectivity index (χ0v) is 15.7. The van der Waals surface area contributed by atoms with E-state index in [4.69, 9.17) is 16.3 Å². The number of halogens is 1. The molecule has 1 aromatic heterocycles. The van der Waals surface area contributed by atoms with Crippen molar-refractivity contribution >= 4 is 11.6 Å². The summed E-state index contributed by atoms with van der Waals surface area (Å²) in [6.07, 6.45) is 9.35. The third kappa shape index (κ3) is 3.06. The number of benzene rings is 1. The summed E-state index contributed by atoms with van der Waals surface area (Å²) in [5, 5.41) is 13.3. The average Bonchev–Trinajstić information content (AvgIpc) is 2.94. The van der Waals surface area contributed by atoms with E-state index >= 15 is 0 Å². The van der Waals surface area contributed by atoms with Crippen molar-refractivity contribution < 1.29 is 4.74 Å². The number of fused-ring (bicyclic) bond motifs is 3. The molecule has 0 saturated heterocycles. The van der Waals surface area contributed by atoms with Crippen molar-refractivity contribution in [3.8, 4) is 5.69 Å². The number of aromatic nitrogens is 3. The summed E-state index contributed by atoms with van der Waals surface area (Å²) in [5.74, 6) is 2.56. The van der Waals surface area contributed by atoms with Crippen LogP contribution in [0.5, 0.6) is 0 Å². The lowest BCUT2D eigenvalue weighted by Gasteiger charge is -2.34. The van der Waals surface area contributed by atoms with Crippen molar-refractivity contribution in [3.63, 3.8) is 0 Å². The summed E-state index contributed by atoms with van der Waals surface area (Å²) in [6.45, 7) is 1.54. The van der Waals surface area contributed by atoms with Crippen molar-refractivity contribution in [1.29, 1.82) is 0 Å². The molecule has 5 rings (SSSR count). The highest BCUT2D eigenvalue weighted by Gasteiger charge is 2.31. The first-order chi connectivity index (χ1) is 12.8. The summed E-state index contributed by atoms with van der Waals surface area (Å²) in [5.41, 5.74) is 2.38. The molecule has 2 saturated carbocycles. The van der Waals surface area contributed by atoms with E-state index in [1.165, 1.54) is 30.5 Å². The molecule has 1 aliphatic heterocycles. The van der Waals surface area contributed by atoms with Gasteiger partial charge in [0.05, 0.1) is 24.4 Å². The third-order valence-corrected chi connectivity index (χ3v) is 6.35. The lowest BCUT2D eigenvalue weighted by molar-refractivity contribution is -0.0666. The molecule has 1 aromatic carbocycles. The number of ether oxygens (including phenoxy) is 1. The van der Waals surface area contributed by atoms with Gasteiger partial charge in [0.1, 0.15) is 5.82 Å². The Kier molecular flexibility index (Phi) is 4.47. The second kappa shape index (κ2) is 6.95. The van der Waals surface area contributed by atoms with E-state index in [1.54, 1.807) is 0 Å². The van der Waals surface area contributed by atoms with Gasteiger partial charge in [-0.2, -0.15) is 0 Å². The molecule has 0 bridgehead atoms. The Bertz CT molecular complexity index is 793. The van der Waals surface area contributed by atoms with E-state index in [0.29, 0.717) is 18.1 Å². The normalized spacial score (nSPS) is 25.9. The number of rotatable bonds is 3. The van der Waals surface area contributed by atoms with Crippen LogP contribution in [0.15, 0.2) is 18.2 Å². The maximum absolute atomic E-state index is 6.23. The molecular formula is C20H25ClN4O. The number of hydrogen-bond acceptors (Lipinski definition) is 4. The molecule has 0 radical (unpaired) electrons. The monoisotopic (exact) mass is 372 g/mol. The van der Waals surface area contributed by atoms with Crippen LogP contribution in [0, 0.1) is 0 Å². The molecule has 2 fully saturated rings. The molecule has 0 atom stereocenters. The van der Waals surface area contributed by atoms with Gasteiger partial charge >= 0.3 is 0 Å². The predicted molar refractivity (Wildman–Crippen MR) is 101 cm³/mol. The highest BCUT2D eigenvalue weighted by atomic mass is 35.5. The first-order valence-electron chi connectivity index (χ1n) is 9.87. The first-order valence-corrected chi connectivity index (χ1v) is 10.2. The third-order valence-electron chi connectivity index (χ3n) is 6.11. The fourth-order valence-corrected chi connectivity index (χ4v) is 4.63. The largest absolute Gasteiger partial charge is 0.375 e. The summed E-state index contributed by atoms with van der Waals surface area (Å²) in [6, 6.07) is 6.11. The number of nitrogens with one attached hydrogen (secondary N) is 1. The summed E-state index contributed by atoms with van der Waals surface area (Å²) >= 11 is 6.21. The summed E-state index contributed by atoms with van der Waals surface area (Å²) in [7, 11) is 0. The van der Waals surface area contributed by atoms with Crippen LogP contribution in [0.4, 0.5) is 0 Å². The molecule has 2 aliphatic carbocycles. The van der Waals surface area contributed by atoms with E-state index in [-0.39, 0.29) is 0 Å². The lowest BCUT2D eigenvalue weighted by atomic mass is 9.86. The maximum atomic E-state index is 6.23. The van der Waals surface area contributed by atoms with Crippen LogP contribution in [0.25, 0.3) is 5.69 Å². The van der Waals surface area contributed by atoms with E-state index in [9.17, 15) is 0 Å². The Labute approximate surface area is 159 Å². The lowest BCUT2D eigenvalue weighted by Crippen LogP contribution is -2.30. The molecule has 3 aliphatic rings. The minimum Gasteiger partial charge on any atom is -0.375 e. The maximum Gasteiger partial charge on any atom is 0.151 e. The van der Waals surface area contributed by atoms with Gasteiger partial charge in [-0.05, 0) is 68.7 Å². The van der Waals surface area contributed by atoms with Gasteiger partial charge in [-0.3, -0.25) is 4.57 Å². The topological polar surface area (TPSA) is 52.0 Å². The van der Waals surface area contributed by atoms with Crippen molar-refractivity contribution in [2.24, 2.45) is 0 Å². The Balaban J connectivity index is 1.39. The Hall–Kier alpha value is -1.43. The van der Waals surface area contributed by atoms with Crippen molar-refractivity contribution in [2.75, 3.05) is 0 Å². The van der Waals surface area contributed by atoms with Crippen molar-refractivity contribution in [1.82, 2.24) is 20.1 Å². The quantitative estimate of drug-likeness (QED) is 0.880. The van der Waals surface area contributed by atoms with Crippen LogP contribution in [0.2, 0.25) is 5.02 Å². The molecule has 5 nitrogen and oxygen atoms in total. The second-order valence-electron chi connectivity index (χ2n) is 7.85. The van der Waals surface area contributed by atoms with Gasteiger partial charge in [-0.15, -0.1) is 10.2 Å². The molecule has 26 heavy (non-hydrogen) atoms. The van der Waals surface area contributed by atoms with Crippen LogP contribution in [0.3, 0.4) is 0 Å². The minimum absolute atomic E-state index is 0.441. The summed E-state index contributed by atoms with van der Waals surface area (Å²) in [4.78, 5) is 0. The van der Waals surface area contributed by atoms with Gasteiger partial charge in [0.15, 0.2) is 5.82 Å². The minimum atomic E-state index is 0.441. The van der Waals surface area contributed by atoms with Crippen molar-refractivity contribution in [3.05, 3.63) is 40.4 Å². The number of nitrogens with zero attached hydrogens (tertiary/aromatic N) is 3. The zero-order valence-electron chi connectivity index (χ0n) is 15.0. The van der Waals surface area contributed by atoms with Gasteiger partial charge < -0.3 is 10.1 Å². The van der Waals surface area contributed by atoms with Gasteiger partial charge in [-0.25, -0.2) is 0 Å². The van der Waals surface area contributed by atoms with Crippen LogP contribution >= 0.6 is 11.6 Å². The van der Waals surface area contributed by atoms with Gasteiger partial charge in [0.25, 0.3) is 0 Å². The first kappa shape index (κ1) is 16.7. The van der Waals surface area contributed by atoms with E-state index < -0.39 is 0 Å². The molecule has 2 aromatic rings. The molecule has 138 valence electrons. The van der Waals surface area contributed by atoms with Gasteiger partial charge in [0, 0.05) is 17.5 Å². The van der Waals surface area contributed by atoms with Gasteiger partial charge in [0.2, 0.25) is 0 Å². The fourth-order valence-electron chi connectivity index (χ4n) is 4.43. The SMILES string of the molecule is Clc1ccc2c(c1)CNCc1nnc(C3CCC(OC4CCC4)CC3)n1-2. The molecule has 6 heteroatoms. The smallest absolute Gasteiger partial charge is 0.151 e. The second-order valence-corrected chi connectivity index (χ2v) is 8.29. The Morgan fingerprint density at radius 1 is 1.00 bits per heavy atom. The van der Waals surface area contributed by atoms with E-state index in [1.807, 2.05) is 12.1 Å². The van der Waals surface area contributed by atoms with E-state index in [0.717, 1.165) is 55.4 Å². The Morgan fingerprint density at radius 2 is 1.81 bits per heavy atom. The van der Waals surface area contributed by atoms with E-state index in [2.05, 4.69) is 26.1 Å². The summed E-state index contributed by atoms with van der Waals surface area (Å²) < 4.78 is 8.49. The van der Waals surface area contributed by atoms with Crippen LogP contribution in [-0.2, 0) is 17.8 Å². The van der Waals surface area contributed by atoms with Crippen LogP contribution in [0.1, 0.15) is 68.1 Å². The predicted octanol–water partition coefficient (Wildman–Crippen LogP) is 4.12. The molecule has 1 N–H and O–H groups in total. The highest BCUT2D eigenvalue weighted by Crippen LogP contribution is 2.37. The average molecular weight is 373 g/mol. The number of hydrogen-bond donors (Lipinski definition) is 1. The molecular weight excluding hydrogens is 348 g/mol. The standard InChI is InChI=1S/C20H25ClN4O/c21-15-6-9-18-14(10-15)11-22-12-19-23-24-20(25(18)19)13-4-7-17(8-5-13)26-16-2-1-3-16/h6,9-10,13,16-17,22H,1-5,7-8,11-12H2. The van der Waals surface area contributed by atoms with Crippen LogP contribution < -0.4 is 5.32 Å². The van der Waals surface area contributed by atoms with Gasteiger partial charge in [-0.1, -0.05) is 11.6 Å². The highest BCUT2D eigenvalue weighted by molar-refractivity contribution is 6.30. The molecule has 0 amide bonds.